The third-order valence-electron chi connectivity index (χ3n) is 3.01. The molecule has 0 aliphatic rings. The summed E-state index contributed by atoms with van der Waals surface area (Å²) in [6.07, 6.45) is 1.46. The molecule has 1 heterocycles. The smallest absolute Gasteiger partial charge is 0.233 e. The second kappa shape index (κ2) is 6.67. The molecule has 2 rings (SSSR count). The van der Waals surface area contributed by atoms with Gasteiger partial charge in [-0.1, -0.05) is 0 Å². The summed E-state index contributed by atoms with van der Waals surface area (Å²) in [5.74, 6) is -0.921. The van der Waals surface area contributed by atoms with Crippen LogP contribution in [0.15, 0.2) is 41.0 Å². The highest BCUT2D eigenvalue weighted by molar-refractivity contribution is 9.10. The van der Waals surface area contributed by atoms with Crippen LogP contribution in [0.4, 0.5) is 10.1 Å². The lowest BCUT2D eigenvalue weighted by molar-refractivity contribution is -0.117. The van der Waals surface area contributed by atoms with Gasteiger partial charge in [-0.15, -0.1) is 0 Å². The molecule has 1 atom stereocenters. The summed E-state index contributed by atoms with van der Waals surface area (Å²) in [5.41, 5.74) is 0.697. The largest absolute Gasteiger partial charge is 0.495 e. The predicted molar refractivity (Wildman–Crippen MR) is 81.9 cm³/mol. The van der Waals surface area contributed by atoms with Crippen LogP contribution in [0.1, 0.15) is 18.5 Å². The summed E-state index contributed by atoms with van der Waals surface area (Å²) in [5, 5.41) is 2.72. The van der Waals surface area contributed by atoms with Crippen molar-refractivity contribution in [1.29, 1.82) is 0 Å². The van der Waals surface area contributed by atoms with E-state index in [1.165, 1.54) is 25.4 Å². The number of carbonyl (C=O) groups excluding carboxylic acids is 1. The lowest BCUT2D eigenvalue weighted by Crippen LogP contribution is -2.20. The van der Waals surface area contributed by atoms with Crippen LogP contribution in [0.5, 0.6) is 5.75 Å². The molecule has 0 bridgehead atoms. The van der Waals surface area contributed by atoms with E-state index in [0.717, 1.165) is 4.47 Å². The molecule has 0 saturated carbocycles. The Bertz CT molecular complexity index is 664. The van der Waals surface area contributed by atoms with E-state index >= 15 is 0 Å². The second-order valence-corrected chi connectivity index (χ2v) is 5.29. The molecule has 4 nitrogen and oxygen atoms in total. The summed E-state index contributed by atoms with van der Waals surface area (Å²) in [7, 11) is 1.54. The number of nitrogens with zero attached hydrogens (tertiary/aromatic N) is 1. The van der Waals surface area contributed by atoms with E-state index in [1.807, 2.05) is 0 Å². The van der Waals surface area contributed by atoms with Crippen molar-refractivity contribution in [3.8, 4) is 5.75 Å². The molecule has 0 aliphatic heterocycles. The van der Waals surface area contributed by atoms with Gasteiger partial charge in [-0.2, -0.15) is 0 Å². The van der Waals surface area contributed by atoms with Crippen molar-refractivity contribution in [2.24, 2.45) is 0 Å². The molecule has 0 radical (unpaired) electrons. The highest BCUT2D eigenvalue weighted by Crippen LogP contribution is 2.28. The first-order valence-corrected chi connectivity index (χ1v) is 7.07. The third-order valence-corrected chi connectivity index (χ3v) is 3.66. The van der Waals surface area contributed by atoms with Gasteiger partial charge in [-0.3, -0.25) is 9.78 Å². The zero-order valence-corrected chi connectivity index (χ0v) is 13.1. The molecule has 2 aromatic rings. The van der Waals surface area contributed by atoms with Gasteiger partial charge in [0.15, 0.2) is 0 Å². The average molecular weight is 353 g/mol. The molecule has 0 unspecified atom stereocenters. The molecule has 0 saturated heterocycles. The molecule has 1 N–H and O–H groups in total. The molecular weight excluding hydrogens is 339 g/mol. The molecule has 0 aliphatic carbocycles. The van der Waals surface area contributed by atoms with Crippen LogP contribution in [0.2, 0.25) is 0 Å². The fourth-order valence-electron chi connectivity index (χ4n) is 1.83. The predicted octanol–water partition coefficient (Wildman–Crippen LogP) is 3.73. The monoisotopic (exact) mass is 352 g/mol. The number of aromatic nitrogens is 1. The Balaban J connectivity index is 2.16. The summed E-state index contributed by atoms with van der Waals surface area (Å²) in [6.45, 7) is 1.61. The highest BCUT2D eigenvalue weighted by Gasteiger charge is 2.20. The number of methoxy groups -OCH3 is 1. The van der Waals surface area contributed by atoms with Crippen LogP contribution in [0.25, 0.3) is 0 Å². The molecule has 110 valence electrons. The molecule has 0 spiro atoms. The lowest BCUT2D eigenvalue weighted by atomic mass is 10.1. The van der Waals surface area contributed by atoms with Crippen molar-refractivity contribution < 1.29 is 13.9 Å². The Morgan fingerprint density at radius 3 is 2.86 bits per heavy atom. The summed E-state index contributed by atoms with van der Waals surface area (Å²) < 4.78 is 19.6. The van der Waals surface area contributed by atoms with Gasteiger partial charge in [0.25, 0.3) is 0 Å². The molecule has 21 heavy (non-hydrogen) atoms. The minimum absolute atomic E-state index is 0.124. The third kappa shape index (κ3) is 3.58. The van der Waals surface area contributed by atoms with E-state index in [1.54, 1.807) is 25.1 Å². The zero-order chi connectivity index (χ0) is 15.4. The van der Waals surface area contributed by atoms with Crippen molar-refractivity contribution >= 4 is 27.5 Å². The Morgan fingerprint density at radius 2 is 2.19 bits per heavy atom. The van der Waals surface area contributed by atoms with E-state index < -0.39 is 11.7 Å². The van der Waals surface area contributed by atoms with Crippen LogP contribution >= 0.6 is 15.9 Å². The van der Waals surface area contributed by atoms with Crippen LogP contribution in [-0.4, -0.2) is 18.0 Å². The number of ether oxygens (including phenoxy) is 1. The van der Waals surface area contributed by atoms with Crippen molar-refractivity contribution in [1.82, 2.24) is 4.98 Å². The Kier molecular flexibility index (Phi) is 4.90. The first kappa shape index (κ1) is 15.4. The minimum atomic E-state index is -0.694. The van der Waals surface area contributed by atoms with Crippen LogP contribution in [0, 0.1) is 5.82 Å². The Labute approximate surface area is 130 Å². The molecule has 0 fully saturated rings. The number of rotatable bonds is 4. The maximum absolute atomic E-state index is 13.6. The van der Waals surface area contributed by atoms with E-state index in [2.05, 4.69) is 26.2 Å². The van der Waals surface area contributed by atoms with E-state index in [-0.39, 0.29) is 11.6 Å². The second-order valence-electron chi connectivity index (χ2n) is 4.43. The summed E-state index contributed by atoms with van der Waals surface area (Å²) >= 11 is 3.33. The van der Waals surface area contributed by atoms with Crippen LogP contribution in [0.3, 0.4) is 0 Å². The highest BCUT2D eigenvalue weighted by atomic mass is 79.9. The standard InChI is InChI=1S/C15H14BrFN2O2/c1-9(14-12(17)4-3-7-18-14)15(20)19-10-5-6-11(16)13(8-10)21-2/h3-9H,1-2H3,(H,19,20)/t9-/m1/s1. The number of hydrogen-bond acceptors (Lipinski definition) is 3. The van der Waals surface area contributed by atoms with E-state index in [9.17, 15) is 9.18 Å². The number of nitrogens with one attached hydrogen (secondary N) is 1. The number of amides is 1. The fraction of sp³-hybridized carbons (Fsp3) is 0.200. The van der Waals surface area contributed by atoms with Crippen molar-refractivity contribution in [3.63, 3.8) is 0 Å². The Hall–Kier alpha value is -1.95. The topological polar surface area (TPSA) is 51.2 Å². The minimum Gasteiger partial charge on any atom is -0.495 e. The van der Waals surface area contributed by atoms with Crippen molar-refractivity contribution in [3.05, 3.63) is 52.5 Å². The molecule has 1 aromatic carbocycles. The SMILES string of the molecule is COc1cc(NC(=O)[C@H](C)c2ncccc2F)ccc1Br. The zero-order valence-electron chi connectivity index (χ0n) is 11.6. The number of pyridine rings is 1. The van der Waals surface area contributed by atoms with E-state index in [4.69, 9.17) is 4.74 Å². The number of benzene rings is 1. The van der Waals surface area contributed by atoms with Crippen molar-refractivity contribution in [2.75, 3.05) is 12.4 Å². The average Bonchev–Trinajstić information content (AvgIpc) is 2.49. The van der Waals surface area contributed by atoms with Gasteiger partial charge >= 0.3 is 0 Å². The Morgan fingerprint density at radius 1 is 1.43 bits per heavy atom. The first-order valence-electron chi connectivity index (χ1n) is 6.27. The van der Waals surface area contributed by atoms with Gasteiger partial charge in [0.05, 0.1) is 23.2 Å². The van der Waals surface area contributed by atoms with Gasteiger partial charge in [0, 0.05) is 18.0 Å². The van der Waals surface area contributed by atoms with Gasteiger partial charge in [-0.05, 0) is 47.1 Å². The molecule has 1 amide bonds. The maximum Gasteiger partial charge on any atom is 0.233 e. The number of hydrogen-bond donors (Lipinski definition) is 1. The van der Waals surface area contributed by atoms with Crippen molar-refractivity contribution in [2.45, 2.75) is 12.8 Å². The fourth-order valence-corrected chi connectivity index (χ4v) is 2.24. The summed E-state index contributed by atoms with van der Waals surface area (Å²) in [4.78, 5) is 16.1. The lowest BCUT2D eigenvalue weighted by Gasteiger charge is -2.13. The summed E-state index contributed by atoms with van der Waals surface area (Å²) in [6, 6.07) is 7.95. The van der Waals surface area contributed by atoms with Gasteiger partial charge in [0.2, 0.25) is 5.91 Å². The molecule has 6 heteroatoms. The van der Waals surface area contributed by atoms with Gasteiger partial charge < -0.3 is 10.1 Å². The number of halogens is 2. The maximum atomic E-state index is 13.6. The number of carbonyl (C=O) groups is 1. The quantitative estimate of drug-likeness (QED) is 0.911. The van der Waals surface area contributed by atoms with E-state index in [0.29, 0.717) is 11.4 Å². The molecule has 1 aromatic heterocycles. The molecular formula is C15H14BrFN2O2. The van der Waals surface area contributed by atoms with Crippen LogP contribution < -0.4 is 10.1 Å². The van der Waals surface area contributed by atoms with Gasteiger partial charge in [0.1, 0.15) is 11.6 Å². The van der Waals surface area contributed by atoms with Crippen LogP contribution in [-0.2, 0) is 4.79 Å². The normalized spacial score (nSPS) is 11.8. The van der Waals surface area contributed by atoms with Gasteiger partial charge in [-0.25, -0.2) is 4.39 Å². The number of anilines is 1. The first-order chi connectivity index (χ1) is 10.0.